The molecule has 25 heavy (non-hydrogen) atoms. The van der Waals surface area contributed by atoms with E-state index in [4.69, 9.17) is 0 Å². The van der Waals surface area contributed by atoms with Gasteiger partial charge in [-0.1, -0.05) is 26.2 Å². The summed E-state index contributed by atoms with van der Waals surface area (Å²) in [7, 11) is 0. The van der Waals surface area contributed by atoms with Crippen molar-refractivity contribution in [3.05, 3.63) is 35.1 Å². The molecule has 1 N–H and O–H groups in total. The van der Waals surface area contributed by atoms with E-state index < -0.39 is 17.6 Å². The third kappa shape index (κ3) is 7.29. The lowest BCUT2D eigenvalue weighted by molar-refractivity contribution is -0.137. The standard InChI is InChI=1S/C17H24F4N2.2ClH/c1-2-3-4-5-16(23-8-6-22-7-9-23)13-10-14(17(19,20)21)12-15(18)11-13;;/h10-12,16,22H,2-9H2,1H3;2*1H/t16-;;/m0../s1. The molecule has 1 heterocycles. The molecular formula is C17H26Cl2F4N2. The summed E-state index contributed by atoms with van der Waals surface area (Å²) >= 11 is 0. The molecule has 0 amide bonds. The van der Waals surface area contributed by atoms with Gasteiger partial charge in [-0.2, -0.15) is 13.2 Å². The number of halogens is 6. The Bertz CT molecular complexity index is 506. The van der Waals surface area contributed by atoms with Crippen molar-refractivity contribution in [1.29, 1.82) is 0 Å². The third-order valence-corrected chi connectivity index (χ3v) is 4.31. The minimum atomic E-state index is -4.52. The summed E-state index contributed by atoms with van der Waals surface area (Å²) in [6.07, 6.45) is -0.749. The summed E-state index contributed by atoms with van der Waals surface area (Å²) in [4.78, 5) is 2.17. The van der Waals surface area contributed by atoms with E-state index in [9.17, 15) is 17.6 Å². The van der Waals surface area contributed by atoms with Gasteiger partial charge in [-0.3, -0.25) is 4.90 Å². The van der Waals surface area contributed by atoms with E-state index in [2.05, 4.69) is 17.1 Å². The normalized spacial score (nSPS) is 16.7. The average molecular weight is 405 g/mol. The molecule has 1 aromatic rings. The number of unbranched alkanes of at least 4 members (excludes halogenated alkanes) is 2. The maximum atomic E-state index is 13.7. The average Bonchev–Trinajstić information content (AvgIpc) is 2.51. The summed E-state index contributed by atoms with van der Waals surface area (Å²) < 4.78 is 52.7. The minimum absolute atomic E-state index is 0. The zero-order chi connectivity index (χ0) is 16.9. The Labute approximate surface area is 159 Å². The van der Waals surface area contributed by atoms with Gasteiger partial charge in [0.25, 0.3) is 0 Å². The molecule has 0 saturated carbocycles. The smallest absolute Gasteiger partial charge is 0.314 e. The second kappa shape index (κ2) is 11.2. The van der Waals surface area contributed by atoms with Gasteiger partial charge in [0.15, 0.2) is 0 Å². The van der Waals surface area contributed by atoms with Crippen LogP contribution in [0.15, 0.2) is 18.2 Å². The summed E-state index contributed by atoms with van der Waals surface area (Å²) in [5.74, 6) is -0.814. The van der Waals surface area contributed by atoms with Crippen LogP contribution < -0.4 is 5.32 Å². The van der Waals surface area contributed by atoms with Crippen LogP contribution in [0.4, 0.5) is 17.6 Å². The van der Waals surface area contributed by atoms with Crippen molar-refractivity contribution in [2.75, 3.05) is 26.2 Å². The molecule has 2 rings (SSSR count). The first-order valence-corrected chi connectivity index (χ1v) is 8.24. The van der Waals surface area contributed by atoms with Crippen LogP contribution >= 0.6 is 24.8 Å². The van der Waals surface area contributed by atoms with Crippen molar-refractivity contribution in [1.82, 2.24) is 10.2 Å². The Morgan fingerprint density at radius 1 is 1.08 bits per heavy atom. The highest BCUT2D eigenvalue weighted by molar-refractivity contribution is 5.85. The van der Waals surface area contributed by atoms with E-state index in [1.54, 1.807) is 0 Å². The first-order chi connectivity index (χ1) is 10.9. The SMILES string of the molecule is CCCCC[C@@H](c1cc(F)cc(C(F)(F)F)c1)N1CCNCC1.Cl.Cl. The molecule has 0 aliphatic carbocycles. The molecule has 1 aliphatic rings. The van der Waals surface area contributed by atoms with Crippen molar-refractivity contribution in [2.45, 2.75) is 44.8 Å². The number of benzene rings is 1. The molecule has 1 aromatic carbocycles. The number of alkyl halides is 3. The van der Waals surface area contributed by atoms with Gasteiger partial charge in [0, 0.05) is 32.2 Å². The fraction of sp³-hybridized carbons (Fsp3) is 0.647. The molecule has 146 valence electrons. The van der Waals surface area contributed by atoms with E-state index in [0.29, 0.717) is 11.6 Å². The molecule has 0 bridgehead atoms. The van der Waals surface area contributed by atoms with Gasteiger partial charge < -0.3 is 5.32 Å². The lowest BCUT2D eigenvalue weighted by Crippen LogP contribution is -2.45. The molecule has 0 aromatic heterocycles. The zero-order valence-corrected chi connectivity index (χ0v) is 15.9. The molecule has 2 nitrogen and oxygen atoms in total. The van der Waals surface area contributed by atoms with Crippen LogP contribution in [0.3, 0.4) is 0 Å². The van der Waals surface area contributed by atoms with E-state index in [-0.39, 0.29) is 30.9 Å². The van der Waals surface area contributed by atoms with Crippen molar-refractivity contribution in [3.63, 3.8) is 0 Å². The monoisotopic (exact) mass is 404 g/mol. The van der Waals surface area contributed by atoms with Gasteiger partial charge in [-0.15, -0.1) is 24.8 Å². The molecule has 1 aliphatic heterocycles. The van der Waals surface area contributed by atoms with Crippen molar-refractivity contribution in [2.24, 2.45) is 0 Å². The summed E-state index contributed by atoms with van der Waals surface area (Å²) in [6, 6.07) is 2.79. The van der Waals surface area contributed by atoms with Crippen molar-refractivity contribution >= 4 is 24.8 Å². The highest BCUT2D eigenvalue weighted by Crippen LogP contribution is 2.34. The van der Waals surface area contributed by atoms with Crippen LogP contribution in [-0.2, 0) is 6.18 Å². The van der Waals surface area contributed by atoms with Crippen molar-refractivity contribution < 1.29 is 17.6 Å². The number of nitrogens with zero attached hydrogens (tertiary/aromatic N) is 1. The molecule has 0 unspecified atom stereocenters. The summed E-state index contributed by atoms with van der Waals surface area (Å²) in [5.41, 5.74) is -0.460. The first-order valence-electron chi connectivity index (χ1n) is 8.24. The zero-order valence-electron chi connectivity index (χ0n) is 14.2. The van der Waals surface area contributed by atoms with E-state index in [1.165, 1.54) is 6.07 Å². The van der Waals surface area contributed by atoms with Gasteiger partial charge in [0.2, 0.25) is 0 Å². The first kappa shape index (κ1) is 24.4. The number of rotatable bonds is 6. The molecular weight excluding hydrogens is 379 g/mol. The number of hydrogen-bond acceptors (Lipinski definition) is 2. The lowest BCUT2D eigenvalue weighted by Gasteiger charge is -2.35. The van der Waals surface area contributed by atoms with Crippen LogP contribution in [-0.4, -0.2) is 31.1 Å². The molecule has 0 radical (unpaired) electrons. The van der Waals surface area contributed by atoms with Gasteiger partial charge in [0.1, 0.15) is 5.82 Å². The van der Waals surface area contributed by atoms with Crippen LogP contribution in [0.2, 0.25) is 0 Å². The predicted molar refractivity (Wildman–Crippen MR) is 97.2 cm³/mol. The van der Waals surface area contributed by atoms with Crippen molar-refractivity contribution in [3.8, 4) is 0 Å². The lowest BCUT2D eigenvalue weighted by atomic mass is 9.96. The van der Waals surface area contributed by atoms with Gasteiger partial charge in [-0.05, 0) is 30.2 Å². The fourth-order valence-corrected chi connectivity index (χ4v) is 3.11. The molecule has 0 spiro atoms. The maximum Gasteiger partial charge on any atom is 0.416 e. The molecule has 8 heteroatoms. The number of piperazine rings is 1. The highest BCUT2D eigenvalue weighted by atomic mass is 35.5. The summed E-state index contributed by atoms with van der Waals surface area (Å²) in [5, 5.41) is 3.24. The molecule has 1 fully saturated rings. The number of nitrogens with one attached hydrogen (secondary N) is 1. The largest absolute Gasteiger partial charge is 0.416 e. The molecule has 1 saturated heterocycles. The van der Waals surface area contributed by atoms with E-state index >= 15 is 0 Å². The Morgan fingerprint density at radius 2 is 1.72 bits per heavy atom. The van der Waals surface area contributed by atoms with Crippen LogP contribution in [0.1, 0.15) is 49.8 Å². The van der Waals surface area contributed by atoms with Gasteiger partial charge >= 0.3 is 6.18 Å². The van der Waals surface area contributed by atoms with Crippen LogP contribution in [0.25, 0.3) is 0 Å². The third-order valence-electron chi connectivity index (χ3n) is 4.31. The Hall–Kier alpha value is -0.560. The number of hydrogen-bond donors (Lipinski definition) is 1. The van der Waals surface area contributed by atoms with Gasteiger partial charge in [0.05, 0.1) is 5.56 Å². The second-order valence-electron chi connectivity index (χ2n) is 6.07. The Balaban J connectivity index is 0.00000288. The van der Waals surface area contributed by atoms with E-state index in [0.717, 1.165) is 57.9 Å². The van der Waals surface area contributed by atoms with Crippen LogP contribution in [0.5, 0.6) is 0 Å². The second-order valence-corrected chi connectivity index (χ2v) is 6.07. The Morgan fingerprint density at radius 3 is 2.28 bits per heavy atom. The van der Waals surface area contributed by atoms with Gasteiger partial charge in [-0.25, -0.2) is 4.39 Å². The molecule has 1 atom stereocenters. The summed E-state index contributed by atoms with van der Waals surface area (Å²) in [6.45, 7) is 5.25. The van der Waals surface area contributed by atoms with E-state index in [1.807, 2.05) is 0 Å². The van der Waals surface area contributed by atoms with Crippen LogP contribution in [0, 0.1) is 5.82 Å². The topological polar surface area (TPSA) is 15.3 Å². The Kier molecular flexibility index (Phi) is 11.0. The quantitative estimate of drug-likeness (QED) is 0.516. The minimum Gasteiger partial charge on any atom is -0.314 e. The highest BCUT2D eigenvalue weighted by Gasteiger charge is 2.33. The predicted octanol–water partition coefficient (Wildman–Crippen LogP) is 5.21. The maximum absolute atomic E-state index is 13.7. The fourth-order valence-electron chi connectivity index (χ4n) is 3.11.